The van der Waals surface area contributed by atoms with Gasteiger partial charge in [-0.2, -0.15) is 0 Å². The van der Waals surface area contributed by atoms with E-state index >= 15 is 0 Å². The van der Waals surface area contributed by atoms with E-state index in [-0.39, 0.29) is 17.0 Å². The normalized spacial score (nSPS) is 52.2. The summed E-state index contributed by atoms with van der Waals surface area (Å²) in [5.74, 6) is 1.98. The molecule has 4 nitrogen and oxygen atoms in total. The number of hydrogen-bond acceptors (Lipinski definition) is 2. The number of urea groups is 1. The highest BCUT2D eigenvalue weighted by molar-refractivity contribution is 5.78. The Bertz CT molecular complexity index is 543. The summed E-state index contributed by atoms with van der Waals surface area (Å²) in [6.45, 7) is 5.07. The van der Waals surface area contributed by atoms with E-state index in [9.17, 15) is 9.90 Å². The number of nitrogens with one attached hydrogen (secondary N) is 1. The van der Waals surface area contributed by atoms with E-state index in [1.54, 1.807) is 0 Å². The van der Waals surface area contributed by atoms with Crippen molar-refractivity contribution < 1.29 is 9.90 Å². The fourth-order valence-corrected chi connectivity index (χ4v) is 7.06. The van der Waals surface area contributed by atoms with Gasteiger partial charge in [0.1, 0.15) is 0 Å². The number of amides is 2. The molecule has 5 atom stereocenters. The molecule has 2 amide bonds. The summed E-state index contributed by atoms with van der Waals surface area (Å²) >= 11 is 0. The third-order valence-corrected chi connectivity index (χ3v) is 7.31. The molecule has 22 heavy (non-hydrogen) atoms. The first-order chi connectivity index (χ1) is 10.3. The molecular weight excluding hydrogens is 276 g/mol. The molecule has 0 aromatic rings. The Labute approximate surface area is 132 Å². The van der Waals surface area contributed by atoms with Gasteiger partial charge in [-0.25, -0.2) is 4.79 Å². The van der Waals surface area contributed by atoms with Crippen molar-refractivity contribution >= 4 is 6.03 Å². The lowest BCUT2D eigenvalue weighted by molar-refractivity contribution is -0.203. The second-order valence-electron chi connectivity index (χ2n) is 9.77. The minimum Gasteiger partial charge on any atom is -0.390 e. The van der Waals surface area contributed by atoms with Crippen molar-refractivity contribution in [3.63, 3.8) is 0 Å². The molecule has 6 fully saturated rings. The summed E-state index contributed by atoms with van der Waals surface area (Å²) in [6, 6.07) is 0.507. The molecule has 5 saturated carbocycles. The van der Waals surface area contributed by atoms with Crippen LogP contribution < -0.4 is 5.32 Å². The molecule has 0 aromatic carbocycles. The molecule has 0 aromatic heterocycles. The van der Waals surface area contributed by atoms with Gasteiger partial charge in [-0.3, -0.25) is 0 Å². The number of aliphatic hydroxyl groups is 1. The van der Waals surface area contributed by atoms with Crippen LogP contribution >= 0.6 is 0 Å². The summed E-state index contributed by atoms with van der Waals surface area (Å²) in [5.41, 5.74) is -0.319. The van der Waals surface area contributed by atoms with Crippen LogP contribution in [0, 0.1) is 23.2 Å². The Morgan fingerprint density at radius 1 is 1.23 bits per heavy atom. The Kier molecular flexibility index (Phi) is 2.37. The maximum Gasteiger partial charge on any atom is 0.318 e. The molecule has 6 aliphatic rings. The highest BCUT2D eigenvalue weighted by atomic mass is 16.3. The molecule has 0 spiro atoms. The predicted octanol–water partition coefficient (Wildman–Crippen LogP) is 2.51. The van der Waals surface area contributed by atoms with Gasteiger partial charge in [0.25, 0.3) is 0 Å². The SMILES string of the molecule is CC1(C)CN(C2C3CC4CC(O)(C3)CC2(C2CC2)C4)C(=O)N1. The molecule has 2 N–H and O–H groups in total. The maximum atomic E-state index is 12.6. The Morgan fingerprint density at radius 2 is 2.00 bits per heavy atom. The lowest BCUT2D eigenvalue weighted by atomic mass is 9.44. The van der Waals surface area contributed by atoms with Crippen LogP contribution in [0.4, 0.5) is 4.79 Å². The van der Waals surface area contributed by atoms with E-state index in [0.717, 1.165) is 31.7 Å². The number of rotatable bonds is 2. The van der Waals surface area contributed by atoms with Crippen molar-refractivity contribution in [2.24, 2.45) is 23.2 Å². The molecule has 4 heteroatoms. The number of nitrogens with zero attached hydrogens (tertiary/aromatic N) is 1. The third-order valence-electron chi connectivity index (χ3n) is 7.31. The van der Waals surface area contributed by atoms with E-state index < -0.39 is 5.60 Å². The summed E-state index contributed by atoms with van der Waals surface area (Å²) in [7, 11) is 0. The average molecular weight is 304 g/mol. The molecular formula is C18H28N2O2. The fourth-order valence-electron chi connectivity index (χ4n) is 7.06. The van der Waals surface area contributed by atoms with Crippen LogP contribution in [-0.4, -0.2) is 39.8 Å². The van der Waals surface area contributed by atoms with E-state index in [4.69, 9.17) is 0 Å². The van der Waals surface area contributed by atoms with Crippen molar-refractivity contribution in [2.45, 2.75) is 76.0 Å². The quantitative estimate of drug-likeness (QED) is 0.823. The second kappa shape index (κ2) is 3.82. The van der Waals surface area contributed by atoms with Crippen LogP contribution in [0.25, 0.3) is 0 Å². The maximum absolute atomic E-state index is 12.6. The van der Waals surface area contributed by atoms with Crippen LogP contribution in [0.15, 0.2) is 0 Å². The van der Waals surface area contributed by atoms with Gasteiger partial charge in [0.05, 0.1) is 11.1 Å². The molecule has 5 unspecified atom stereocenters. The standard InChI is InChI=1S/C18H28N2O2/c1-16(2)10-20(15(21)19-16)14-12-5-11-6-17(22,8-12)9-18(14,7-11)13-3-4-13/h11-14,22H,3-10H2,1-2H3,(H,19,21). The zero-order valence-corrected chi connectivity index (χ0v) is 13.8. The van der Waals surface area contributed by atoms with Crippen molar-refractivity contribution in [2.75, 3.05) is 6.54 Å². The van der Waals surface area contributed by atoms with E-state index in [2.05, 4.69) is 24.1 Å². The number of carbonyl (C=O) groups excluding carboxylic acids is 1. The largest absolute Gasteiger partial charge is 0.390 e. The molecule has 1 aliphatic heterocycles. The highest BCUT2D eigenvalue weighted by Gasteiger charge is 2.68. The zero-order chi connectivity index (χ0) is 15.3. The van der Waals surface area contributed by atoms with E-state index in [0.29, 0.717) is 17.9 Å². The topological polar surface area (TPSA) is 52.6 Å². The molecule has 0 radical (unpaired) electrons. The van der Waals surface area contributed by atoms with Crippen LogP contribution in [0.2, 0.25) is 0 Å². The van der Waals surface area contributed by atoms with Crippen molar-refractivity contribution in [3.05, 3.63) is 0 Å². The van der Waals surface area contributed by atoms with Gasteiger partial charge in [0, 0.05) is 12.6 Å². The summed E-state index contributed by atoms with van der Waals surface area (Å²) in [4.78, 5) is 14.8. The van der Waals surface area contributed by atoms with Crippen molar-refractivity contribution in [1.82, 2.24) is 10.2 Å². The fraction of sp³-hybridized carbons (Fsp3) is 0.944. The molecule has 4 bridgehead atoms. The predicted molar refractivity (Wildman–Crippen MR) is 83.3 cm³/mol. The van der Waals surface area contributed by atoms with Crippen LogP contribution in [0.1, 0.15) is 58.8 Å². The van der Waals surface area contributed by atoms with Gasteiger partial charge in [0.15, 0.2) is 0 Å². The van der Waals surface area contributed by atoms with Gasteiger partial charge in [-0.1, -0.05) is 0 Å². The van der Waals surface area contributed by atoms with Gasteiger partial charge in [-0.15, -0.1) is 0 Å². The lowest BCUT2D eigenvalue weighted by Gasteiger charge is -2.66. The number of hydrogen-bond donors (Lipinski definition) is 2. The number of carbonyl (C=O) groups is 1. The summed E-state index contributed by atoms with van der Waals surface area (Å²) < 4.78 is 0. The molecule has 6 rings (SSSR count). The van der Waals surface area contributed by atoms with Crippen LogP contribution in [0.3, 0.4) is 0 Å². The lowest BCUT2D eigenvalue weighted by Crippen LogP contribution is -2.68. The second-order valence-corrected chi connectivity index (χ2v) is 9.77. The molecule has 122 valence electrons. The monoisotopic (exact) mass is 304 g/mol. The molecule has 1 saturated heterocycles. The van der Waals surface area contributed by atoms with Crippen molar-refractivity contribution in [1.29, 1.82) is 0 Å². The first kappa shape index (κ1) is 13.6. The molecule has 1 heterocycles. The van der Waals surface area contributed by atoms with Crippen LogP contribution in [0.5, 0.6) is 0 Å². The first-order valence-electron chi connectivity index (χ1n) is 9.12. The Morgan fingerprint density at radius 3 is 2.59 bits per heavy atom. The summed E-state index contributed by atoms with van der Waals surface area (Å²) in [6.07, 6.45) is 7.99. The van der Waals surface area contributed by atoms with Gasteiger partial charge < -0.3 is 15.3 Å². The van der Waals surface area contributed by atoms with E-state index in [1.807, 2.05) is 0 Å². The smallest absolute Gasteiger partial charge is 0.318 e. The first-order valence-corrected chi connectivity index (χ1v) is 9.12. The van der Waals surface area contributed by atoms with E-state index in [1.165, 1.54) is 25.7 Å². The minimum atomic E-state index is -0.420. The van der Waals surface area contributed by atoms with Crippen LogP contribution in [-0.2, 0) is 0 Å². The van der Waals surface area contributed by atoms with Gasteiger partial charge in [0.2, 0.25) is 0 Å². The van der Waals surface area contributed by atoms with Gasteiger partial charge in [-0.05, 0) is 82.0 Å². The third kappa shape index (κ3) is 1.70. The Hall–Kier alpha value is -0.770. The minimum absolute atomic E-state index is 0.118. The molecule has 5 aliphatic carbocycles. The highest BCUT2D eigenvalue weighted by Crippen LogP contribution is 2.69. The Balaban J connectivity index is 1.56. The average Bonchev–Trinajstić information content (AvgIpc) is 3.14. The van der Waals surface area contributed by atoms with Gasteiger partial charge >= 0.3 is 6.03 Å². The summed E-state index contributed by atoms with van der Waals surface area (Å²) in [5, 5.41) is 14.2. The zero-order valence-electron chi connectivity index (χ0n) is 13.8. The van der Waals surface area contributed by atoms with Crippen molar-refractivity contribution in [3.8, 4) is 0 Å².